The van der Waals surface area contributed by atoms with Gasteiger partial charge in [-0.3, -0.25) is 4.55 Å². The topological polar surface area (TPSA) is 57.6 Å². The minimum absolute atomic E-state index is 0.176. The van der Waals surface area contributed by atoms with E-state index in [-0.39, 0.29) is 5.75 Å². The summed E-state index contributed by atoms with van der Waals surface area (Å²) >= 11 is 7.78. The van der Waals surface area contributed by atoms with Gasteiger partial charge in [-0.25, -0.2) is 0 Å². The van der Waals surface area contributed by atoms with E-state index in [1.54, 1.807) is 11.8 Å². The van der Waals surface area contributed by atoms with Crippen LogP contribution in [0.5, 0.6) is 0 Å². The van der Waals surface area contributed by atoms with Crippen LogP contribution in [0.3, 0.4) is 0 Å². The summed E-state index contributed by atoms with van der Waals surface area (Å²) in [4.78, 5) is 3.42. The zero-order chi connectivity index (χ0) is 14.0. The molecule has 0 radical (unpaired) electrons. The Kier molecular flexibility index (Phi) is 4.66. The van der Waals surface area contributed by atoms with Crippen LogP contribution in [0.4, 0.5) is 5.69 Å². The number of fused-ring (bicyclic) bond motifs is 1. The second-order valence-corrected chi connectivity index (χ2v) is 7.88. The van der Waals surface area contributed by atoms with E-state index < -0.39 is 10.1 Å². The molecule has 1 aliphatic rings. The maximum atomic E-state index is 10.7. The zero-order valence-corrected chi connectivity index (χ0v) is 12.9. The van der Waals surface area contributed by atoms with Gasteiger partial charge in [0.1, 0.15) is 0 Å². The van der Waals surface area contributed by atoms with Gasteiger partial charge in [-0.1, -0.05) is 23.4 Å². The lowest BCUT2D eigenvalue weighted by Crippen LogP contribution is -2.28. The van der Waals surface area contributed by atoms with Crippen LogP contribution >= 0.6 is 23.4 Å². The van der Waals surface area contributed by atoms with Crippen molar-refractivity contribution in [3.63, 3.8) is 0 Å². The monoisotopic (exact) mass is 321 g/mol. The van der Waals surface area contributed by atoms with Crippen LogP contribution in [0.25, 0.3) is 0 Å². The van der Waals surface area contributed by atoms with Gasteiger partial charge in [-0.2, -0.15) is 8.42 Å². The van der Waals surface area contributed by atoms with Gasteiger partial charge in [-0.15, -0.1) is 0 Å². The molecule has 0 fully saturated rings. The molecule has 1 heterocycles. The summed E-state index contributed by atoms with van der Waals surface area (Å²) in [6.07, 6.45) is 1.18. The van der Waals surface area contributed by atoms with E-state index >= 15 is 0 Å². The van der Waals surface area contributed by atoms with Crippen molar-refractivity contribution in [2.75, 3.05) is 17.2 Å². The smallest absolute Gasteiger partial charge is 0.264 e. The van der Waals surface area contributed by atoms with Crippen LogP contribution in [0.15, 0.2) is 23.1 Å². The molecule has 0 amide bonds. The lowest BCUT2D eigenvalue weighted by molar-refractivity contribution is 0.480. The maximum absolute atomic E-state index is 10.7. The van der Waals surface area contributed by atoms with E-state index in [9.17, 15) is 8.42 Å². The third-order valence-electron chi connectivity index (χ3n) is 3.02. The van der Waals surface area contributed by atoms with Gasteiger partial charge in [0.15, 0.2) is 0 Å². The molecule has 1 atom stereocenters. The fourth-order valence-electron chi connectivity index (χ4n) is 2.13. The van der Waals surface area contributed by atoms with Gasteiger partial charge in [0, 0.05) is 16.5 Å². The van der Waals surface area contributed by atoms with E-state index in [2.05, 4.69) is 11.8 Å². The Morgan fingerprint density at radius 2 is 2.16 bits per heavy atom. The normalized spacial score (nSPS) is 18.7. The summed E-state index contributed by atoms with van der Waals surface area (Å²) in [5.41, 5.74) is 1.11. The van der Waals surface area contributed by atoms with E-state index in [1.807, 2.05) is 18.2 Å². The molecule has 1 aromatic carbocycles. The molecule has 0 aliphatic carbocycles. The van der Waals surface area contributed by atoms with E-state index in [0.717, 1.165) is 18.7 Å². The highest BCUT2D eigenvalue weighted by atomic mass is 35.5. The number of benzene rings is 1. The van der Waals surface area contributed by atoms with Crippen molar-refractivity contribution in [1.29, 1.82) is 0 Å². The summed E-state index contributed by atoms with van der Waals surface area (Å²) < 4.78 is 30.0. The van der Waals surface area contributed by atoms with Crippen LogP contribution in [0.1, 0.15) is 19.8 Å². The van der Waals surface area contributed by atoms with Crippen LogP contribution in [0.2, 0.25) is 5.02 Å². The van der Waals surface area contributed by atoms with Crippen LogP contribution < -0.4 is 4.90 Å². The highest BCUT2D eigenvalue weighted by Gasteiger charge is 2.26. The van der Waals surface area contributed by atoms with Crippen molar-refractivity contribution >= 4 is 39.2 Å². The van der Waals surface area contributed by atoms with Crippen molar-refractivity contribution in [1.82, 2.24) is 0 Å². The van der Waals surface area contributed by atoms with Gasteiger partial charge in [0.2, 0.25) is 0 Å². The molecular weight excluding hydrogens is 306 g/mol. The van der Waals surface area contributed by atoms with E-state index in [1.165, 1.54) is 4.90 Å². The first-order valence-corrected chi connectivity index (χ1v) is 8.91. The minimum Gasteiger partial charge on any atom is -0.359 e. The second kappa shape index (κ2) is 5.91. The highest BCUT2D eigenvalue weighted by molar-refractivity contribution is 8.00. The summed E-state index contributed by atoms with van der Waals surface area (Å²) in [5, 5.41) is 1.02. The standard InChI is InChI=1S/C12H16ClNO3S2/c1-9-14(6-2-3-7-19(15,16)17)11-8-10(13)4-5-12(11)18-9/h4-5,8-9H,2-3,6-7H2,1H3,(H,15,16,17). The SMILES string of the molecule is CC1Sc2ccc(Cl)cc2N1CCCCS(=O)(=O)O. The van der Waals surface area contributed by atoms with Gasteiger partial charge < -0.3 is 4.90 Å². The summed E-state index contributed by atoms with van der Waals surface area (Å²) in [6, 6.07) is 5.83. The zero-order valence-electron chi connectivity index (χ0n) is 10.5. The maximum Gasteiger partial charge on any atom is 0.264 e. The number of anilines is 1. The van der Waals surface area contributed by atoms with Crippen molar-refractivity contribution in [3.8, 4) is 0 Å². The number of hydrogen-bond acceptors (Lipinski definition) is 4. The summed E-state index contributed by atoms with van der Waals surface area (Å²) in [6.45, 7) is 2.87. The molecule has 1 aromatic rings. The minimum atomic E-state index is -3.85. The molecule has 0 saturated carbocycles. The van der Waals surface area contributed by atoms with Crippen LogP contribution in [0, 0.1) is 0 Å². The Morgan fingerprint density at radius 1 is 1.42 bits per heavy atom. The number of nitrogens with zero attached hydrogens (tertiary/aromatic N) is 1. The van der Waals surface area contributed by atoms with Gasteiger partial charge in [0.05, 0.1) is 16.8 Å². The van der Waals surface area contributed by atoms with Crippen LogP contribution in [-0.4, -0.2) is 30.6 Å². The van der Waals surface area contributed by atoms with Crippen LogP contribution in [-0.2, 0) is 10.1 Å². The van der Waals surface area contributed by atoms with Gasteiger partial charge in [0.25, 0.3) is 10.1 Å². The quantitative estimate of drug-likeness (QED) is 0.666. The lowest BCUT2D eigenvalue weighted by Gasteiger charge is -2.23. The predicted molar refractivity (Wildman–Crippen MR) is 79.8 cm³/mol. The number of unbranched alkanes of at least 4 members (excludes halogenated alkanes) is 1. The first kappa shape index (κ1) is 15.0. The van der Waals surface area contributed by atoms with Crippen molar-refractivity contribution < 1.29 is 13.0 Å². The number of halogens is 1. The van der Waals surface area contributed by atoms with Crippen molar-refractivity contribution in [2.24, 2.45) is 0 Å². The average molecular weight is 322 g/mol. The van der Waals surface area contributed by atoms with E-state index in [4.69, 9.17) is 16.2 Å². The summed E-state index contributed by atoms with van der Waals surface area (Å²) in [7, 11) is -3.85. The molecule has 7 heteroatoms. The molecule has 19 heavy (non-hydrogen) atoms. The Hall–Kier alpha value is -0.430. The Balaban J connectivity index is 1.96. The van der Waals surface area contributed by atoms with E-state index in [0.29, 0.717) is 16.8 Å². The molecule has 2 rings (SSSR count). The fourth-order valence-corrected chi connectivity index (χ4v) is 4.02. The predicted octanol–water partition coefficient (Wildman–Crippen LogP) is 3.27. The number of thioether (sulfide) groups is 1. The molecular formula is C12H16ClNO3S2. The first-order chi connectivity index (χ1) is 8.87. The first-order valence-electron chi connectivity index (χ1n) is 6.05. The molecule has 1 aliphatic heterocycles. The average Bonchev–Trinajstić information content (AvgIpc) is 2.59. The Labute approximate surface area is 122 Å². The lowest BCUT2D eigenvalue weighted by atomic mass is 10.2. The molecule has 106 valence electrons. The molecule has 0 aromatic heterocycles. The molecule has 0 bridgehead atoms. The molecule has 1 unspecified atom stereocenters. The molecule has 4 nitrogen and oxygen atoms in total. The highest BCUT2D eigenvalue weighted by Crippen LogP contribution is 2.44. The molecule has 1 N–H and O–H groups in total. The third kappa shape index (κ3) is 4.02. The molecule has 0 saturated heterocycles. The number of hydrogen-bond donors (Lipinski definition) is 1. The third-order valence-corrected chi connectivity index (χ3v) is 5.25. The second-order valence-electron chi connectivity index (χ2n) is 4.52. The van der Waals surface area contributed by atoms with Gasteiger partial charge in [-0.05, 0) is 38.0 Å². The Morgan fingerprint density at radius 3 is 2.84 bits per heavy atom. The Bertz CT molecular complexity index is 562. The summed E-state index contributed by atoms with van der Waals surface area (Å²) in [5.74, 6) is -0.176. The van der Waals surface area contributed by atoms with Crippen molar-refractivity contribution in [2.45, 2.75) is 30.0 Å². The van der Waals surface area contributed by atoms with Crippen molar-refractivity contribution in [3.05, 3.63) is 23.2 Å². The fraction of sp³-hybridized carbons (Fsp3) is 0.500. The number of rotatable bonds is 5. The largest absolute Gasteiger partial charge is 0.359 e. The van der Waals surface area contributed by atoms with Gasteiger partial charge >= 0.3 is 0 Å². The molecule has 0 spiro atoms.